The standard InChI is InChI=1S/C23H31N3O4S2/c1-15(2)12-17(18(22(28)26-30)14-32-20-10-7-11-31-20)21(27)25-19(23(29)24-3)13-16-8-5-4-6-9-16/h4-11,15,17-19,30H,12-14H2,1-3H3,(H,24,29)(H,25,27)(H,26,28)/t17?,18?,19-/m0/s1. The maximum atomic E-state index is 13.4. The van der Waals surface area contributed by atoms with Crippen molar-refractivity contribution in [3.05, 3.63) is 53.4 Å². The van der Waals surface area contributed by atoms with Gasteiger partial charge in [-0.15, -0.1) is 23.1 Å². The highest BCUT2D eigenvalue weighted by Gasteiger charge is 2.36. The van der Waals surface area contributed by atoms with E-state index in [0.717, 1.165) is 9.77 Å². The van der Waals surface area contributed by atoms with Crippen molar-refractivity contribution in [1.29, 1.82) is 0 Å². The number of hydrogen-bond acceptors (Lipinski definition) is 6. The Kier molecular flexibility index (Phi) is 10.7. The summed E-state index contributed by atoms with van der Waals surface area (Å²) in [5, 5.41) is 16.7. The average Bonchev–Trinajstić information content (AvgIpc) is 3.31. The number of hydrogen-bond donors (Lipinski definition) is 4. The molecule has 3 atom stereocenters. The maximum Gasteiger partial charge on any atom is 0.248 e. The van der Waals surface area contributed by atoms with Crippen LogP contribution in [-0.4, -0.2) is 41.8 Å². The van der Waals surface area contributed by atoms with Crippen molar-refractivity contribution < 1.29 is 19.6 Å². The van der Waals surface area contributed by atoms with Crippen molar-refractivity contribution in [3.63, 3.8) is 0 Å². The van der Waals surface area contributed by atoms with Crippen LogP contribution in [0.5, 0.6) is 0 Å². The molecule has 2 aromatic rings. The van der Waals surface area contributed by atoms with Gasteiger partial charge < -0.3 is 10.6 Å². The van der Waals surface area contributed by atoms with E-state index in [9.17, 15) is 19.6 Å². The van der Waals surface area contributed by atoms with Gasteiger partial charge in [-0.25, -0.2) is 5.48 Å². The summed E-state index contributed by atoms with van der Waals surface area (Å²) in [5.41, 5.74) is 2.64. The predicted molar refractivity (Wildman–Crippen MR) is 128 cm³/mol. The van der Waals surface area contributed by atoms with Gasteiger partial charge >= 0.3 is 0 Å². The number of likely N-dealkylation sites (N-methyl/N-ethyl adjacent to an activating group) is 1. The maximum absolute atomic E-state index is 13.4. The Bertz CT molecular complexity index is 859. The Hall–Kier alpha value is -2.36. The molecule has 0 radical (unpaired) electrons. The average molecular weight is 478 g/mol. The summed E-state index contributed by atoms with van der Waals surface area (Å²) in [5.74, 6) is -2.26. The Balaban J connectivity index is 2.23. The molecule has 1 aromatic heterocycles. The van der Waals surface area contributed by atoms with Gasteiger partial charge in [-0.3, -0.25) is 19.6 Å². The van der Waals surface area contributed by atoms with Crippen LogP contribution in [0, 0.1) is 17.8 Å². The summed E-state index contributed by atoms with van der Waals surface area (Å²) in [4.78, 5) is 38.4. The molecule has 4 N–H and O–H groups in total. The number of amides is 3. The molecule has 2 unspecified atom stereocenters. The number of thioether (sulfide) groups is 1. The molecule has 0 aliphatic heterocycles. The third-order valence-corrected chi connectivity index (χ3v) is 7.31. The Morgan fingerprint density at radius 1 is 1.00 bits per heavy atom. The zero-order valence-electron chi connectivity index (χ0n) is 18.5. The van der Waals surface area contributed by atoms with Crippen LogP contribution in [0.1, 0.15) is 25.8 Å². The first-order chi connectivity index (χ1) is 15.3. The summed E-state index contributed by atoms with van der Waals surface area (Å²) < 4.78 is 1.02. The van der Waals surface area contributed by atoms with Crippen LogP contribution in [0.3, 0.4) is 0 Å². The second-order valence-electron chi connectivity index (χ2n) is 7.93. The highest BCUT2D eigenvalue weighted by molar-refractivity contribution is 8.01. The lowest BCUT2D eigenvalue weighted by Crippen LogP contribution is -2.51. The summed E-state index contributed by atoms with van der Waals surface area (Å²) in [6.45, 7) is 3.95. The van der Waals surface area contributed by atoms with Crippen LogP contribution in [0.15, 0.2) is 52.1 Å². The molecule has 174 valence electrons. The predicted octanol–water partition coefficient (Wildman–Crippen LogP) is 3.10. The summed E-state index contributed by atoms with van der Waals surface area (Å²) in [6, 6.07) is 12.5. The Labute approximate surface area is 197 Å². The van der Waals surface area contributed by atoms with Crippen molar-refractivity contribution in [1.82, 2.24) is 16.1 Å². The van der Waals surface area contributed by atoms with Crippen LogP contribution in [-0.2, 0) is 20.8 Å². The van der Waals surface area contributed by atoms with Crippen molar-refractivity contribution >= 4 is 40.8 Å². The van der Waals surface area contributed by atoms with Crippen LogP contribution in [0.2, 0.25) is 0 Å². The first-order valence-electron chi connectivity index (χ1n) is 10.5. The monoisotopic (exact) mass is 477 g/mol. The van der Waals surface area contributed by atoms with Crippen molar-refractivity contribution in [2.24, 2.45) is 17.8 Å². The molecule has 3 amide bonds. The van der Waals surface area contributed by atoms with Crippen LogP contribution in [0.4, 0.5) is 0 Å². The quantitative estimate of drug-likeness (QED) is 0.213. The molecule has 2 rings (SSSR count). The first kappa shape index (κ1) is 25.9. The molecular weight excluding hydrogens is 446 g/mol. The number of carbonyl (C=O) groups excluding carboxylic acids is 3. The highest BCUT2D eigenvalue weighted by atomic mass is 32.2. The topological polar surface area (TPSA) is 108 Å². The minimum atomic E-state index is -0.771. The van der Waals surface area contributed by atoms with Gasteiger partial charge in [-0.2, -0.15) is 0 Å². The normalized spacial score (nSPS) is 13.8. The third-order valence-electron chi connectivity index (χ3n) is 5.06. The van der Waals surface area contributed by atoms with E-state index < -0.39 is 23.8 Å². The summed E-state index contributed by atoms with van der Waals surface area (Å²) in [6.07, 6.45) is 0.780. The van der Waals surface area contributed by atoms with E-state index in [2.05, 4.69) is 10.6 Å². The van der Waals surface area contributed by atoms with Gasteiger partial charge in [0.25, 0.3) is 0 Å². The SMILES string of the molecule is CNC(=O)[C@H](Cc1ccccc1)NC(=O)C(CC(C)C)C(CSc1cccs1)C(=O)NO. The number of hydroxylamine groups is 1. The lowest BCUT2D eigenvalue weighted by atomic mass is 9.84. The zero-order valence-corrected chi connectivity index (χ0v) is 20.2. The third kappa shape index (κ3) is 7.96. The number of rotatable bonds is 12. The highest BCUT2D eigenvalue weighted by Crippen LogP contribution is 2.31. The second-order valence-corrected chi connectivity index (χ2v) is 10.2. The Morgan fingerprint density at radius 3 is 2.28 bits per heavy atom. The fourth-order valence-corrected chi connectivity index (χ4v) is 5.44. The molecular formula is C23H31N3O4S2. The molecule has 0 spiro atoms. The fraction of sp³-hybridized carbons (Fsp3) is 0.435. The molecule has 0 fully saturated rings. The van der Waals surface area contributed by atoms with Gasteiger partial charge in [-0.05, 0) is 29.3 Å². The minimum absolute atomic E-state index is 0.138. The van der Waals surface area contributed by atoms with E-state index in [1.165, 1.54) is 18.8 Å². The van der Waals surface area contributed by atoms with Gasteiger partial charge in [-0.1, -0.05) is 50.2 Å². The van der Waals surface area contributed by atoms with E-state index in [1.807, 2.05) is 61.7 Å². The first-order valence-corrected chi connectivity index (χ1v) is 12.4. The van der Waals surface area contributed by atoms with Gasteiger partial charge in [0.1, 0.15) is 6.04 Å². The van der Waals surface area contributed by atoms with E-state index in [1.54, 1.807) is 16.8 Å². The van der Waals surface area contributed by atoms with E-state index in [-0.39, 0.29) is 17.7 Å². The number of carbonyl (C=O) groups is 3. The van der Waals surface area contributed by atoms with E-state index >= 15 is 0 Å². The molecule has 7 nitrogen and oxygen atoms in total. The molecule has 1 heterocycles. The van der Waals surface area contributed by atoms with Gasteiger partial charge in [0, 0.05) is 19.2 Å². The largest absolute Gasteiger partial charge is 0.357 e. The van der Waals surface area contributed by atoms with Crippen LogP contribution >= 0.6 is 23.1 Å². The number of benzene rings is 1. The molecule has 1 aromatic carbocycles. The molecule has 0 saturated carbocycles. The van der Waals surface area contributed by atoms with E-state index in [0.29, 0.717) is 18.6 Å². The van der Waals surface area contributed by atoms with Gasteiger partial charge in [0.05, 0.1) is 16.0 Å². The molecule has 9 heteroatoms. The van der Waals surface area contributed by atoms with Crippen LogP contribution in [0.25, 0.3) is 0 Å². The van der Waals surface area contributed by atoms with Crippen molar-refractivity contribution in [2.75, 3.05) is 12.8 Å². The molecule has 0 aliphatic rings. The fourth-order valence-electron chi connectivity index (χ4n) is 3.45. The molecule has 0 bridgehead atoms. The smallest absolute Gasteiger partial charge is 0.248 e. The number of thiophene rings is 1. The van der Waals surface area contributed by atoms with Gasteiger partial charge in [0.2, 0.25) is 17.7 Å². The molecule has 0 saturated heterocycles. The lowest BCUT2D eigenvalue weighted by Gasteiger charge is -2.28. The lowest BCUT2D eigenvalue weighted by molar-refractivity contribution is -0.140. The zero-order chi connectivity index (χ0) is 23.5. The minimum Gasteiger partial charge on any atom is -0.357 e. The van der Waals surface area contributed by atoms with Crippen LogP contribution < -0.4 is 16.1 Å². The van der Waals surface area contributed by atoms with Crippen molar-refractivity contribution in [2.45, 2.75) is 36.9 Å². The van der Waals surface area contributed by atoms with E-state index in [4.69, 9.17) is 0 Å². The summed E-state index contributed by atoms with van der Waals surface area (Å²) in [7, 11) is 1.53. The Morgan fingerprint density at radius 2 is 1.72 bits per heavy atom. The van der Waals surface area contributed by atoms with Gasteiger partial charge in [0.15, 0.2) is 0 Å². The van der Waals surface area contributed by atoms with Crippen molar-refractivity contribution in [3.8, 4) is 0 Å². The number of nitrogens with one attached hydrogen (secondary N) is 3. The molecule has 0 aliphatic carbocycles. The second kappa shape index (κ2) is 13.2. The molecule has 32 heavy (non-hydrogen) atoms. The summed E-state index contributed by atoms with van der Waals surface area (Å²) >= 11 is 3.02.